The van der Waals surface area contributed by atoms with Crippen molar-refractivity contribution in [3.8, 4) is 0 Å². The molecule has 1 N–H and O–H groups in total. The van der Waals surface area contributed by atoms with Crippen LogP contribution in [-0.4, -0.2) is 42.3 Å². The summed E-state index contributed by atoms with van der Waals surface area (Å²) in [4.78, 5) is 16.2. The second kappa shape index (κ2) is 6.85. The van der Waals surface area contributed by atoms with E-state index in [1.807, 2.05) is 4.57 Å². The molecule has 2 heterocycles. The summed E-state index contributed by atoms with van der Waals surface area (Å²) in [6, 6.07) is -0.344. The van der Waals surface area contributed by atoms with Gasteiger partial charge >= 0.3 is 5.97 Å². The van der Waals surface area contributed by atoms with Gasteiger partial charge in [-0.15, -0.1) is 0 Å². The molecule has 2 atom stereocenters. The highest BCUT2D eigenvalue weighted by Gasteiger charge is 2.28. The highest BCUT2D eigenvalue weighted by Crippen LogP contribution is 2.26. The molecule has 1 aliphatic heterocycles. The third-order valence-corrected chi connectivity index (χ3v) is 3.46. The zero-order chi connectivity index (χ0) is 14.5. The van der Waals surface area contributed by atoms with Crippen molar-refractivity contribution in [3.05, 3.63) is 18.2 Å². The molecular weight excluding hydrogens is 258 g/mol. The van der Waals surface area contributed by atoms with E-state index >= 15 is 0 Å². The third-order valence-electron chi connectivity index (χ3n) is 3.46. The largest absolute Gasteiger partial charge is 0.467 e. The van der Waals surface area contributed by atoms with Gasteiger partial charge in [0.2, 0.25) is 0 Å². The smallest absolute Gasteiger partial charge is 0.328 e. The lowest BCUT2D eigenvalue weighted by Gasteiger charge is -2.27. The molecule has 0 saturated carbocycles. The van der Waals surface area contributed by atoms with E-state index in [0.717, 1.165) is 25.2 Å². The average Bonchev–Trinajstić information content (AvgIpc) is 2.93. The molecule has 6 nitrogen and oxygen atoms in total. The fourth-order valence-electron chi connectivity index (χ4n) is 2.49. The molecule has 2 unspecified atom stereocenters. The Morgan fingerprint density at radius 2 is 2.45 bits per heavy atom. The van der Waals surface area contributed by atoms with E-state index in [4.69, 9.17) is 9.47 Å². The van der Waals surface area contributed by atoms with E-state index in [2.05, 4.69) is 24.1 Å². The molecule has 112 valence electrons. The van der Waals surface area contributed by atoms with Gasteiger partial charge in [0.1, 0.15) is 12.1 Å². The number of hydrogen-bond donors (Lipinski definition) is 1. The van der Waals surface area contributed by atoms with Gasteiger partial charge in [-0.1, -0.05) is 13.8 Å². The second-order valence-electron chi connectivity index (χ2n) is 5.46. The van der Waals surface area contributed by atoms with E-state index in [0.29, 0.717) is 12.5 Å². The molecule has 0 aliphatic carbocycles. The molecule has 2 rings (SSSR count). The Hall–Kier alpha value is -1.40. The molecule has 1 saturated heterocycles. The number of hydrogen-bond acceptors (Lipinski definition) is 5. The molecule has 1 fully saturated rings. The summed E-state index contributed by atoms with van der Waals surface area (Å²) in [5.74, 6) is 0.154. The number of imidazole rings is 1. The van der Waals surface area contributed by atoms with Crippen molar-refractivity contribution >= 4 is 5.97 Å². The molecule has 1 aromatic heterocycles. The minimum atomic E-state index is -0.344. The first-order chi connectivity index (χ1) is 9.63. The van der Waals surface area contributed by atoms with Gasteiger partial charge in [0.15, 0.2) is 0 Å². The van der Waals surface area contributed by atoms with Crippen molar-refractivity contribution in [3.63, 3.8) is 0 Å². The Bertz CT molecular complexity index is 439. The lowest BCUT2D eigenvalue weighted by molar-refractivity contribution is -0.145. The van der Waals surface area contributed by atoms with Gasteiger partial charge in [0, 0.05) is 13.1 Å². The lowest BCUT2D eigenvalue weighted by Crippen LogP contribution is -2.35. The SMILES string of the molecule is COC(=O)C(CC(C)C)n1cncc1C1CNCCO1. The van der Waals surface area contributed by atoms with Crippen molar-refractivity contribution in [1.82, 2.24) is 14.9 Å². The van der Waals surface area contributed by atoms with Crippen LogP contribution in [0.5, 0.6) is 0 Å². The quantitative estimate of drug-likeness (QED) is 0.824. The first-order valence-corrected chi connectivity index (χ1v) is 7.05. The zero-order valence-corrected chi connectivity index (χ0v) is 12.3. The van der Waals surface area contributed by atoms with Gasteiger partial charge in [0.25, 0.3) is 0 Å². The van der Waals surface area contributed by atoms with Crippen LogP contribution >= 0.6 is 0 Å². The molecule has 1 aromatic rings. The minimum Gasteiger partial charge on any atom is -0.467 e. The highest BCUT2D eigenvalue weighted by molar-refractivity contribution is 5.74. The van der Waals surface area contributed by atoms with Crippen molar-refractivity contribution in [2.45, 2.75) is 32.4 Å². The zero-order valence-electron chi connectivity index (χ0n) is 12.3. The van der Waals surface area contributed by atoms with E-state index in [1.54, 1.807) is 12.5 Å². The van der Waals surface area contributed by atoms with Crippen LogP contribution in [0.15, 0.2) is 12.5 Å². The number of carbonyl (C=O) groups excluding carboxylic acids is 1. The summed E-state index contributed by atoms with van der Waals surface area (Å²) in [5, 5.41) is 3.29. The molecule has 0 bridgehead atoms. The highest BCUT2D eigenvalue weighted by atomic mass is 16.5. The number of esters is 1. The monoisotopic (exact) mass is 281 g/mol. The maximum atomic E-state index is 12.1. The van der Waals surface area contributed by atoms with E-state index in [9.17, 15) is 4.79 Å². The summed E-state index contributed by atoms with van der Waals surface area (Å²) in [5.41, 5.74) is 0.924. The van der Waals surface area contributed by atoms with Crippen molar-refractivity contribution < 1.29 is 14.3 Å². The summed E-state index contributed by atoms with van der Waals surface area (Å²) >= 11 is 0. The topological polar surface area (TPSA) is 65.4 Å². The molecule has 20 heavy (non-hydrogen) atoms. The first-order valence-electron chi connectivity index (χ1n) is 7.05. The lowest BCUT2D eigenvalue weighted by atomic mass is 10.0. The summed E-state index contributed by atoms with van der Waals surface area (Å²) < 4.78 is 12.6. The Kier molecular flexibility index (Phi) is 5.14. The number of methoxy groups -OCH3 is 1. The first kappa shape index (κ1) is 15.0. The molecule has 0 spiro atoms. The number of rotatable bonds is 5. The third kappa shape index (κ3) is 3.37. The van der Waals surface area contributed by atoms with Crippen LogP contribution in [0.2, 0.25) is 0 Å². The minimum absolute atomic E-state index is 0.0643. The van der Waals surface area contributed by atoms with Gasteiger partial charge in [-0.05, 0) is 12.3 Å². The maximum absolute atomic E-state index is 12.1. The van der Waals surface area contributed by atoms with E-state index in [-0.39, 0.29) is 18.1 Å². The van der Waals surface area contributed by atoms with Crippen LogP contribution in [0, 0.1) is 5.92 Å². The molecular formula is C14H23N3O3. The predicted molar refractivity (Wildman–Crippen MR) is 74.3 cm³/mol. The summed E-state index contributed by atoms with van der Waals surface area (Å²) in [7, 11) is 1.42. The molecule has 0 radical (unpaired) electrons. The Morgan fingerprint density at radius 3 is 3.05 bits per heavy atom. The Balaban J connectivity index is 2.24. The van der Waals surface area contributed by atoms with Crippen molar-refractivity contribution in [2.75, 3.05) is 26.8 Å². The van der Waals surface area contributed by atoms with Crippen LogP contribution in [0.25, 0.3) is 0 Å². The van der Waals surface area contributed by atoms with E-state index in [1.165, 1.54) is 7.11 Å². The van der Waals surface area contributed by atoms with Crippen molar-refractivity contribution in [1.29, 1.82) is 0 Å². The van der Waals surface area contributed by atoms with Crippen LogP contribution in [0.3, 0.4) is 0 Å². The fourth-order valence-corrected chi connectivity index (χ4v) is 2.49. The molecule has 1 aliphatic rings. The fraction of sp³-hybridized carbons (Fsp3) is 0.714. The van der Waals surface area contributed by atoms with E-state index < -0.39 is 0 Å². The normalized spacial score (nSPS) is 20.9. The number of ether oxygens (including phenoxy) is 2. The number of nitrogens with one attached hydrogen (secondary N) is 1. The van der Waals surface area contributed by atoms with Crippen LogP contribution in [-0.2, 0) is 14.3 Å². The predicted octanol–water partition coefficient (Wildman–Crippen LogP) is 1.30. The standard InChI is InChI=1S/C14H23N3O3/c1-10(2)6-11(14(18)19-3)17-9-16-7-12(17)13-8-15-4-5-20-13/h7,9-11,13,15H,4-6,8H2,1-3H3. The summed E-state index contributed by atoms with van der Waals surface area (Å²) in [6.45, 7) is 6.44. The van der Waals surface area contributed by atoms with Gasteiger partial charge < -0.3 is 19.4 Å². The Morgan fingerprint density at radius 1 is 1.65 bits per heavy atom. The molecule has 6 heteroatoms. The van der Waals surface area contributed by atoms with Crippen LogP contribution < -0.4 is 5.32 Å². The average molecular weight is 281 g/mol. The number of morpholine rings is 1. The molecule has 0 amide bonds. The van der Waals surface area contributed by atoms with Gasteiger partial charge in [-0.25, -0.2) is 9.78 Å². The van der Waals surface area contributed by atoms with Gasteiger partial charge in [0.05, 0.1) is 31.9 Å². The van der Waals surface area contributed by atoms with Gasteiger partial charge in [-0.3, -0.25) is 0 Å². The number of nitrogens with zero attached hydrogens (tertiary/aromatic N) is 2. The van der Waals surface area contributed by atoms with Crippen LogP contribution in [0.1, 0.15) is 38.1 Å². The van der Waals surface area contributed by atoms with Gasteiger partial charge in [-0.2, -0.15) is 0 Å². The van der Waals surface area contributed by atoms with Crippen LogP contribution in [0.4, 0.5) is 0 Å². The molecule has 0 aromatic carbocycles. The maximum Gasteiger partial charge on any atom is 0.328 e. The second-order valence-corrected chi connectivity index (χ2v) is 5.46. The number of carbonyl (C=O) groups is 1. The summed E-state index contributed by atoms with van der Waals surface area (Å²) in [6.07, 6.45) is 4.12. The number of aromatic nitrogens is 2. The van der Waals surface area contributed by atoms with Crippen molar-refractivity contribution in [2.24, 2.45) is 5.92 Å². The Labute approximate surface area is 119 Å².